The summed E-state index contributed by atoms with van der Waals surface area (Å²) in [6, 6.07) is 0. The van der Waals surface area contributed by atoms with Crippen LogP contribution in [0, 0.1) is 5.92 Å². The van der Waals surface area contributed by atoms with Crippen LogP contribution in [0.5, 0.6) is 0 Å². The van der Waals surface area contributed by atoms with Gasteiger partial charge in [-0.2, -0.15) is 0 Å². The van der Waals surface area contributed by atoms with Crippen molar-refractivity contribution in [2.45, 2.75) is 39.9 Å². The van der Waals surface area contributed by atoms with Crippen LogP contribution in [0.1, 0.15) is 27.7 Å². The SMILES string of the molecule is C=C(C)C(=O)OCC(C)OCC(C)C(=O)OCC(C)[O-].[K+]. The first-order chi connectivity index (χ1) is 9.23. The summed E-state index contributed by atoms with van der Waals surface area (Å²) in [5.74, 6) is -1.43. The maximum absolute atomic E-state index is 11.5. The van der Waals surface area contributed by atoms with Gasteiger partial charge in [0.05, 0.1) is 25.2 Å². The molecule has 0 fully saturated rings. The van der Waals surface area contributed by atoms with Crippen LogP contribution in [0.4, 0.5) is 0 Å². The van der Waals surface area contributed by atoms with Crippen LogP contribution in [-0.4, -0.2) is 44.0 Å². The van der Waals surface area contributed by atoms with Gasteiger partial charge in [0.25, 0.3) is 0 Å². The van der Waals surface area contributed by atoms with Crippen molar-refractivity contribution in [3.8, 4) is 0 Å². The Hall–Kier alpha value is 0.236. The Morgan fingerprint density at radius 3 is 2.14 bits per heavy atom. The third kappa shape index (κ3) is 12.5. The van der Waals surface area contributed by atoms with E-state index < -0.39 is 24.0 Å². The summed E-state index contributed by atoms with van der Waals surface area (Å²) in [6.45, 7) is 9.89. The van der Waals surface area contributed by atoms with Crippen molar-refractivity contribution < 1.29 is 80.3 Å². The second-order valence-electron chi connectivity index (χ2n) is 4.86. The minimum atomic E-state index is -0.937. The molecule has 3 unspecified atom stereocenters. The maximum atomic E-state index is 11.5. The van der Waals surface area contributed by atoms with Gasteiger partial charge in [-0.05, 0) is 20.8 Å². The first kappa shape index (κ1) is 23.5. The minimum absolute atomic E-state index is 0. The summed E-state index contributed by atoms with van der Waals surface area (Å²) in [5.41, 5.74) is 0.320. The first-order valence-electron chi connectivity index (χ1n) is 6.50. The predicted molar refractivity (Wildman–Crippen MR) is 70.8 cm³/mol. The van der Waals surface area contributed by atoms with Gasteiger partial charge in [-0.25, -0.2) is 4.79 Å². The quantitative estimate of drug-likeness (QED) is 0.263. The molecule has 6 nitrogen and oxygen atoms in total. The molecule has 0 aromatic heterocycles. The molecule has 0 rings (SSSR count). The third-order valence-electron chi connectivity index (χ3n) is 2.29. The smallest absolute Gasteiger partial charge is 0.850 e. The van der Waals surface area contributed by atoms with Crippen molar-refractivity contribution in [3.63, 3.8) is 0 Å². The first-order valence-corrected chi connectivity index (χ1v) is 6.50. The summed E-state index contributed by atoms with van der Waals surface area (Å²) < 4.78 is 15.1. The van der Waals surface area contributed by atoms with Gasteiger partial charge < -0.3 is 19.3 Å². The van der Waals surface area contributed by atoms with E-state index in [2.05, 4.69) is 6.58 Å². The van der Waals surface area contributed by atoms with Crippen LogP contribution >= 0.6 is 0 Å². The summed E-state index contributed by atoms with van der Waals surface area (Å²) in [6.07, 6.45) is -1.28. The van der Waals surface area contributed by atoms with Crippen molar-refractivity contribution in [1.82, 2.24) is 0 Å². The van der Waals surface area contributed by atoms with Crippen LogP contribution in [0.15, 0.2) is 12.2 Å². The molecule has 0 N–H and O–H groups in total. The van der Waals surface area contributed by atoms with Gasteiger partial charge in [-0.15, -0.1) is 0 Å². The number of hydrogen-bond donors (Lipinski definition) is 0. The fraction of sp³-hybridized carbons (Fsp3) is 0.714. The fourth-order valence-corrected chi connectivity index (χ4v) is 1.08. The molecule has 0 aromatic carbocycles. The normalized spacial score (nSPS) is 14.3. The van der Waals surface area contributed by atoms with E-state index in [1.165, 1.54) is 6.92 Å². The standard InChI is InChI=1S/C14H23O6.K/c1-9(2)13(16)20-8-12(5)18-6-10(3)14(17)19-7-11(4)15;/h10-12H,1,6-8H2,2-5H3;/q-1;+1. The number of esters is 2. The van der Waals surface area contributed by atoms with Gasteiger partial charge in [0.15, 0.2) is 0 Å². The summed E-state index contributed by atoms with van der Waals surface area (Å²) >= 11 is 0. The number of carbonyl (C=O) groups excluding carboxylic acids is 2. The number of carbonyl (C=O) groups is 2. The third-order valence-corrected chi connectivity index (χ3v) is 2.29. The zero-order valence-electron chi connectivity index (χ0n) is 13.5. The van der Waals surface area contributed by atoms with E-state index in [4.69, 9.17) is 14.2 Å². The zero-order chi connectivity index (χ0) is 15.7. The van der Waals surface area contributed by atoms with Crippen LogP contribution in [-0.2, 0) is 23.8 Å². The van der Waals surface area contributed by atoms with E-state index in [0.29, 0.717) is 5.57 Å². The average Bonchev–Trinajstić information content (AvgIpc) is 2.38. The van der Waals surface area contributed by atoms with Gasteiger partial charge in [-0.1, -0.05) is 19.6 Å². The molecule has 0 spiro atoms. The van der Waals surface area contributed by atoms with Crippen molar-refractivity contribution in [1.29, 1.82) is 0 Å². The molecule has 21 heavy (non-hydrogen) atoms. The van der Waals surface area contributed by atoms with E-state index in [0.717, 1.165) is 0 Å². The molecule has 0 saturated carbocycles. The summed E-state index contributed by atoms with van der Waals surface area (Å²) in [4.78, 5) is 22.6. The molecule has 0 aliphatic rings. The van der Waals surface area contributed by atoms with Crippen molar-refractivity contribution in [2.75, 3.05) is 19.8 Å². The van der Waals surface area contributed by atoms with Crippen LogP contribution in [0.2, 0.25) is 0 Å². The maximum Gasteiger partial charge on any atom is 1.00 e. The minimum Gasteiger partial charge on any atom is -0.850 e. The molecule has 116 valence electrons. The fourth-order valence-electron chi connectivity index (χ4n) is 1.08. The van der Waals surface area contributed by atoms with Crippen molar-refractivity contribution >= 4 is 11.9 Å². The zero-order valence-corrected chi connectivity index (χ0v) is 16.6. The monoisotopic (exact) mass is 326 g/mol. The molecule has 0 heterocycles. The van der Waals surface area contributed by atoms with Gasteiger partial charge in [0.1, 0.15) is 6.61 Å². The van der Waals surface area contributed by atoms with Crippen molar-refractivity contribution in [3.05, 3.63) is 12.2 Å². The average molecular weight is 326 g/mol. The Bertz CT molecular complexity index is 342. The Morgan fingerprint density at radius 1 is 1.10 bits per heavy atom. The molecule has 0 amide bonds. The summed E-state index contributed by atoms with van der Waals surface area (Å²) in [5, 5.41) is 10.8. The van der Waals surface area contributed by atoms with Crippen LogP contribution in [0.25, 0.3) is 0 Å². The Balaban J connectivity index is 0. The molecule has 0 aliphatic carbocycles. The number of hydrogen-bond acceptors (Lipinski definition) is 6. The molecule has 7 heteroatoms. The predicted octanol–water partition coefficient (Wildman–Crippen LogP) is -2.56. The molecular weight excluding hydrogens is 303 g/mol. The summed E-state index contributed by atoms with van der Waals surface area (Å²) in [7, 11) is 0. The van der Waals surface area contributed by atoms with Gasteiger partial charge in [-0.3, -0.25) is 4.79 Å². The van der Waals surface area contributed by atoms with Gasteiger partial charge in [0, 0.05) is 5.57 Å². The van der Waals surface area contributed by atoms with Crippen molar-refractivity contribution in [2.24, 2.45) is 5.92 Å². The molecule has 3 atom stereocenters. The van der Waals surface area contributed by atoms with E-state index in [1.807, 2.05) is 0 Å². The topological polar surface area (TPSA) is 84.9 Å². The van der Waals surface area contributed by atoms with E-state index in [9.17, 15) is 14.7 Å². The Morgan fingerprint density at radius 2 is 1.67 bits per heavy atom. The molecule has 0 bridgehead atoms. The Kier molecular flexibility index (Phi) is 14.3. The van der Waals surface area contributed by atoms with E-state index >= 15 is 0 Å². The molecular formula is C14H23KO6. The van der Waals surface area contributed by atoms with Crippen LogP contribution < -0.4 is 56.5 Å². The second-order valence-corrected chi connectivity index (χ2v) is 4.86. The largest absolute Gasteiger partial charge is 1.00 e. The molecule has 0 radical (unpaired) electrons. The molecule has 0 saturated heterocycles. The van der Waals surface area contributed by atoms with Gasteiger partial charge >= 0.3 is 63.3 Å². The van der Waals surface area contributed by atoms with E-state index in [1.54, 1.807) is 20.8 Å². The Labute approximate surface area is 168 Å². The number of rotatable bonds is 9. The molecule has 0 aliphatic heterocycles. The number of ether oxygens (including phenoxy) is 3. The van der Waals surface area contributed by atoms with Crippen LogP contribution in [0.3, 0.4) is 0 Å². The molecule has 0 aromatic rings. The van der Waals surface area contributed by atoms with Gasteiger partial charge in [0.2, 0.25) is 0 Å². The second kappa shape index (κ2) is 12.7. The van der Waals surface area contributed by atoms with E-state index in [-0.39, 0.29) is 77.3 Å².